The zero-order chi connectivity index (χ0) is 13.9. The Morgan fingerprint density at radius 2 is 2.40 bits per heavy atom. The molecule has 106 valence electrons. The molecular weight excluding hydrogens is 254 g/mol. The number of fused-ring (bicyclic) bond motifs is 1. The fourth-order valence-electron chi connectivity index (χ4n) is 2.54. The van der Waals surface area contributed by atoms with Crippen LogP contribution in [0.25, 0.3) is 0 Å². The monoisotopic (exact) mass is 273 g/mol. The van der Waals surface area contributed by atoms with Gasteiger partial charge >= 0.3 is 0 Å². The smallest absolute Gasteiger partial charge is 0.221 e. The van der Waals surface area contributed by atoms with Crippen LogP contribution in [-0.2, 0) is 6.42 Å². The normalized spacial score (nSPS) is 17.4. The van der Waals surface area contributed by atoms with Gasteiger partial charge in [0.2, 0.25) is 5.95 Å². The van der Waals surface area contributed by atoms with Crippen LogP contribution in [0.4, 0.5) is 5.95 Å². The Balaban J connectivity index is 1.95. The maximum absolute atomic E-state index is 5.58. The maximum atomic E-state index is 5.58. The van der Waals surface area contributed by atoms with Crippen molar-refractivity contribution in [1.29, 1.82) is 0 Å². The van der Waals surface area contributed by atoms with Crippen LogP contribution in [0.3, 0.4) is 0 Å². The molecule has 6 heteroatoms. The van der Waals surface area contributed by atoms with Gasteiger partial charge in [0.05, 0.1) is 13.2 Å². The molecule has 0 radical (unpaired) electrons. The first-order valence-electron chi connectivity index (χ1n) is 6.85. The number of benzene rings is 1. The molecule has 1 aliphatic rings. The second-order valence-corrected chi connectivity index (χ2v) is 4.84. The summed E-state index contributed by atoms with van der Waals surface area (Å²) < 4.78 is 7.26. The van der Waals surface area contributed by atoms with E-state index in [0.717, 1.165) is 30.5 Å². The van der Waals surface area contributed by atoms with Crippen molar-refractivity contribution in [1.82, 2.24) is 14.8 Å². The Morgan fingerprint density at radius 3 is 3.20 bits per heavy atom. The van der Waals surface area contributed by atoms with E-state index in [1.807, 2.05) is 16.8 Å². The van der Waals surface area contributed by atoms with Crippen molar-refractivity contribution in [2.45, 2.75) is 18.9 Å². The molecule has 0 amide bonds. The number of nitrogens with one attached hydrogen (secondary N) is 1. The number of hydrogen-bond donors (Lipinski definition) is 2. The van der Waals surface area contributed by atoms with E-state index in [-0.39, 0.29) is 6.04 Å². The number of anilines is 1. The summed E-state index contributed by atoms with van der Waals surface area (Å²) in [5, 5.41) is 7.86. The molecular formula is C14H19N5O. The van der Waals surface area contributed by atoms with Crippen LogP contribution >= 0.6 is 0 Å². The van der Waals surface area contributed by atoms with Crippen LogP contribution in [0.5, 0.6) is 5.75 Å². The first kappa shape index (κ1) is 12.9. The SMILES string of the molecule is COc1cccc(C2CCNc3nc(CCN)nn32)c1. The summed E-state index contributed by atoms with van der Waals surface area (Å²) in [5.74, 6) is 2.49. The number of methoxy groups -OCH3 is 1. The van der Waals surface area contributed by atoms with E-state index in [9.17, 15) is 0 Å². The van der Waals surface area contributed by atoms with Gasteiger partial charge < -0.3 is 15.8 Å². The first-order valence-corrected chi connectivity index (χ1v) is 6.85. The highest BCUT2D eigenvalue weighted by atomic mass is 16.5. The minimum atomic E-state index is 0.195. The van der Waals surface area contributed by atoms with E-state index in [4.69, 9.17) is 10.5 Å². The van der Waals surface area contributed by atoms with Gasteiger partial charge in [-0.3, -0.25) is 0 Å². The van der Waals surface area contributed by atoms with E-state index >= 15 is 0 Å². The molecule has 2 aromatic rings. The minimum Gasteiger partial charge on any atom is -0.497 e. The van der Waals surface area contributed by atoms with Gasteiger partial charge in [0.15, 0.2) is 5.82 Å². The second kappa shape index (κ2) is 5.50. The van der Waals surface area contributed by atoms with E-state index in [1.54, 1.807) is 7.11 Å². The Kier molecular flexibility index (Phi) is 3.56. The van der Waals surface area contributed by atoms with Crippen molar-refractivity contribution in [2.24, 2.45) is 5.73 Å². The van der Waals surface area contributed by atoms with Gasteiger partial charge in [0, 0.05) is 13.0 Å². The number of rotatable bonds is 4. The fourth-order valence-corrected chi connectivity index (χ4v) is 2.54. The quantitative estimate of drug-likeness (QED) is 0.875. The van der Waals surface area contributed by atoms with Gasteiger partial charge in [0.25, 0.3) is 0 Å². The summed E-state index contributed by atoms with van der Waals surface area (Å²) >= 11 is 0. The number of ether oxygens (including phenoxy) is 1. The third-order valence-corrected chi connectivity index (χ3v) is 3.52. The number of nitrogens with two attached hydrogens (primary N) is 1. The van der Waals surface area contributed by atoms with Gasteiger partial charge in [-0.2, -0.15) is 10.1 Å². The van der Waals surface area contributed by atoms with Gasteiger partial charge in [0.1, 0.15) is 5.75 Å². The molecule has 1 atom stereocenters. The highest BCUT2D eigenvalue weighted by Crippen LogP contribution is 2.30. The van der Waals surface area contributed by atoms with Crippen molar-refractivity contribution in [3.05, 3.63) is 35.7 Å². The number of nitrogens with zero attached hydrogens (tertiary/aromatic N) is 3. The lowest BCUT2D eigenvalue weighted by Crippen LogP contribution is -2.24. The molecule has 20 heavy (non-hydrogen) atoms. The van der Waals surface area contributed by atoms with Crippen LogP contribution in [0.1, 0.15) is 23.9 Å². The number of hydrogen-bond acceptors (Lipinski definition) is 5. The molecule has 0 saturated heterocycles. The Hall–Kier alpha value is -2.08. The average molecular weight is 273 g/mol. The molecule has 0 saturated carbocycles. The average Bonchev–Trinajstić information content (AvgIpc) is 2.90. The van der Waals surface area contributed by atoms with Crippen molar-refractivity contribution in [3.63, 3.8) is 0 Å². The molecule has 3 rings (SSSR count). The molecule has 0 aliphatic carbocycles. The molecule has 1 aromatic heterocycles. The predicted octanol–water partition coefficient (Wildman–Crippen LogP) is 1.19. The van der Waals surface area contributed by atoms with Gasteiger partial charge in [-0.1, -0.05) is 12.1 Å². The molecule has 1 unspecified atom stereocenters. The molecule has 6 nitrogen and oxygen atoms in total. The van der Waals surface area contributed by atoms with Crippen molar-refractivity contribution >= 4 is 5.95 Å². The van der Waals surface area contributed by atoms with Crippen LogP contribution in [0.2, 0.25) is 0 Å². The predicted molar refractivity (Wildman–Crippen MR) is 77.0 cm³/mol. The Morgan fingerprint density at radius 1 is 1.50 bits per heavy atom. The van der Waals surface area contributed by atoms with E-state index in [1.165, 1.54) is 5.56 Å². The molecule has 0 bridgehead atoms. The van der Waals surface area contributed by atoms with Crippen molar-refractivity contribution in [2.75, 3.05) is 25.5 Å². The molecule has 1 aliphatic heterocycles. The van der Waals surface area contributed by atoms with Gasteiger partial charge in [-0.05, 0) is 30.7 Å². The summed E-state index contributed by atoms with van der Waals surface area (Å²) in [4.78, 5) is 4.49. The maximum Gasteiger partial charge on any atom is 0.221 e. The zero-order valence-electron chi connectivity index (χ0n) is 11.5. The van der Waals surface area contributed by atoms with E-state index in [2.05, 4.69) is 27.5 Å². The minimum absolute atomic E-state index is 0.195. The molecule has 2 heterocycles. The Bertz CT molecular complexity index is 595. The highest BCUT2D eigenvalue weighted by Gasteiger charge is 2.24. The summed E-state index contributed by atoms with van der Waals surface area (Å²) in [6.07, 6.45) is 1.68. The van der Waals surface area contributed by atoms with Crippen LogP contribution < -0.4 is 15.8 Å². The lowest BCUT2D eigenvalue weighted by atomic mass is 10.0. The Labute approximate surface area is 118 Å². The summed E-state index contributed by atoms with van der Waals surface area (Å²) in [6, 6.07) is 8.32. The lowest BCUT2D eigenvalue weighted by molar-refractivity contribution is 0.411. The third-order valence-electron chi connectivity index (χ3n) is 3.52. The van der Waals surface area contributed by atoms with Crippen molar-refractivity contribution in [3.8, 4) is 5.75 Å². The van der Waals surface area contributed by atoms with Gasteiger partial charge in [-0.15, -0.1) is 0 Å². The summed E-state index contributed by atoms with van der Waals surface area (Å²) in [6.45, 7) is 1.45. The first-order chi connectivity index (χ1) is 9.81. The van der Waals surface area contributed by atoms with Crippen LogP contribution in [-0.4, -0.2) is 35.0 Å². The summed E-state index contributed by atoms with van der Waals surface area (Å²) in [7, 11) is 1.68. The lowest BCUT2D eigenvalue weighted by Gasteiger charge is -2.24. The van der Waals surface area contributed by atoms with E-state index in [0.29, 0.717) is 13.0 Å². The van der Waals surface area contributed by atoms with Gasteiger partial charge in [-0.25, -0.2) is 4.68 Å². The summed E-state index contributed by atoms with van der Waals surface area (Å²) in [5.41, 5.74) is 6.77. The zero-order valence-corrected chi connectivity index (χ0v) is 11.5. The van der Waals surface area contributed by atoms with Crippen molar-refractivity contribution < 1.29 is 4.74 Å². The van der Waals surface area contributed by atoms with Crippen LogP contribution in [0, 0.1) is 0 Å². The molecule has 3 N–H and O–H groups in total. The fraction of sp³-hybridized carbons (Fsp3) is 0.429. The molecule has 0 spiro atoms. The largest absolute Gasteiger partial charge is 0.497 e. The topological polar surface area (TPSA) is 78.0 Å². The molecule has 1 aromatic carbocycles. The van der Waals surface area contributed by atoms with Crippen LogP contribution in [0.15, 0.2) is 24.3 Å². The third kappa shape index (κ3) is 2.34. The number of aromatic nitrogens is 3. The highest BCUT2D eigenvalue weighted by molar-refractivity contribution is 5.36. The van der Waals surface area contributed by atoms with E-state index < -0.39 is 0 Å². The molecule has 0 fully saturated rings. The standard InChI is InChI=1S/C14H19N5O/c1-20-11-4-2-3-10(9-11)12-6-8-16-14-17-13(5-7-15)18-19(12)14/h2-4,9,12H,5-8,15H2,1H3,(H,16,17,18). The second-order valence-electron chi connectivity index (χ2n) is 4.84.